The molecule has 0 unspecified atom stereocenters. The number of fused-ring (bicyclic) bond motifs is 1. The summed E-state index contributed by atoms with van der Waals surface area (Å²) in [6, 6.07) is 3.62. The number of nitrogens with zero attached hydrogens (tertiary/aromatic N) is 3. The molecule has 0 amide bonds. The number of hydrogen-bond acceptors (Lipinski definition) is 5. The minimum absolute atomic E-state index is 0.346. The topological polar surface area (TPSA) is 67.2 Å². The van der Waals surface area contributed by atoms with Crippen LogP contribution in [0, 0.1) is 0 Å². The van der Waals surface area contributed by atoms with Crippen molar-refractivity contribution in [3.63, 3.8) is 0 Å². The fourth-order valence-electron chi connectivity index (χ4n) is 2.36. The fourth-order valence-corrected chi connectivity index (χ4v) is 5.26. The van der Waals surface area contributed by atoms with Crippen molar-refractivity contribution in [2.75, 3.05) is 20.1 Å². The highest BCUT2D eigenvalue weighted by atomic mass is 32.2. The number of likely N-dealkylation sites (N-methyl/N-ethyl adjacent to an activating group) is 1. The van der Waals surface area contributed by atoms with Gasteiger partial charge in [0.1, 0.15) is 10.0 Å². The Bertz CT molecular complexity index is 720. The first kappa shape index (κ1) is 14.7. The molecule has 0 saturated carbocycles. The fraction of sp³-hybridized carbons (Fsp3) is 0.462. The predicted molar refractivity (Wildman–Crippen MR) is 81.8 cm³/mol. The number of thiophene rings is 1. The molecule has 0 fully saturated rings. The van der Waals surface area contributed by atoms with Crippen molar-refractivity contribution < 1.29 is 8.42 Å². The van der Waals surface area contributed by atoms with Crippen LogP contribution in [0.4, 0.5) is 0 Å². The second-order valence-corrected chi connectivity index (χ2v) is 8.28. The Kier molecular flexibility index (Phi) is 4.12. The highest BCUT2D eigenvalue weighted by Crippen LogP contribution is 2.27. The van der Waals surface area contributed by atoms with Crippen LogP contribution in [0.25, 0.3) is 0 Å². The van der Waals surface area contributed by atoms with Crippen molar-refractivity contribution >= 4 is 21.4 Å². The van der Waals surface area contributed by atoms with Crippen LogP contribution in [0.5, 0.6) is 0 Å². The lowest BCUT2D eigenvalue weighted by Gasteiger charge is -2.26. The zero-order valence-electron chi connectivity index (χ0n) is 11.8. The summed E-state index contributed by atoms with van der Waals surface area (Å²) < 4.78 is 29.3. The van der Waals surface area contributed by atoms with E-state index in [-0.39, 0.29) is 0 Å². The van der Waals surface area contributed by atoms with Crippen molar-refractivity contribution in [3.8, 4) is 0 Å². The summed E-state index contributed by atoms with van der Waals surface area (Å²) in [5.41, 5.74) is 0. The molecule has 3 rings (SSSR count). The van der Waals surface area contributed by atoms with Crippen molar-refractivity contribution in [2.24, 2.45) is 0 Å². The smallest absolute Gasteiger partial charge is 0.253 e. The van der Waals surface area contributed by atoms with E-state index < -0.39 is 10.0 Å². The molecule has 0 atom stereocenters. The monoisotopic (exact) mass is 326 g/mol. The first-order valence-electron chi connectivity index (χ1n) is 6.85. The Morgan fingerprint density at radius 3 is 3.05 bits per heavy atom. The van der Waals surface area contributed by atoms with Gasteiger partial charge in [0, 0.05) is 30.4 Å². The predicted octanol–water partition coefficient (Wildman–Crippen LogP) is 0.911. The summed E-state index contributed by atoms with van der Waals surface area (Å²) in [5, 5.41) is 3.07. The second-order valence-electron chi connectivity index (χ2n) is 4.95. The summed E-state index contributed by atoms with van der Waals surface area (Å²) in [4.78, 5) is 5.30. The molecule has 0 aromatic carbocycles. The zero-order chi connectivity index (χ0) is 14.9. The lowest BCUT2D eigenvalue weighted by atomic mass is 10.3. The van der Waals surface area contributed by atoms with E-state index >= 15 is 0 Å². The number of imidazole rings is 1. The lowest BCUT2D eigenvalue weighted by molar-refractivity contribution is 0.336. The van der Waals surface area contributed by atoms with Gasteiger partial charge in [0.25, 0.3) is 10.0 Å². The molecule has 1 N–H and O–H groups in total. The SMILES string of the molecule is CNCCc1ccc(S(=O)(=O)N2CCn3ccnc3C2)s1. The second kappa shape index (κ2) is 5.88. The Morgan fingerprint density at radius 1 is 1.38 bits per heavy atom. The van der Waals surface area contributed by atoms with Crippen LogP contribution in [0.2, 0.25) is 0 Å². The van der Waals surface area contributed by atoms with Crippen molar-refractivity contribution in [1.29, 1.82) is 0 Å². The molecular weight excluding hydrogens is 308 g/mol. The van der Waals surface area contributed by atoms with Gasteiger partial charge in [0.15, 0.2) is 0 Å². The first-order valence-corrected chi connectivity index (χ1v) is 9.10. The number of sulfonamides is 1. The van der Waals surface area contributed by atoms with Crippen LogP contribution in [0.15, 0.2) is 28.7 Å². The third-order valence-electron chi connectivity index (χ3n) is 3.56. The summed E-state index contributed by atoms with van der Waals surface area (Å²) in [5.74, 6) is 0.803. The van der Waals surface area contributed by atoms with E-state index in [0.29, 0.717) is 23.8 Å². The Balaban J connectivity index is 1.79. The van der Waals surface area contributed by atoms with Gasteiger partial charge in [-0.05, 0) is 32.1 Å². The molecule has 8 heteroatoms. The molecule has 0 saturated heterocycles. The molecule has 3 heterocycles. The summed E-state index contributed by atoms with van der Waals surface area (Å²) >= 11 is 1.36. The van der Waals surface area contributed by atoms with E-state index in [1.165, 1.54) is 15.6 Å². The van der Waals surface area contributed by atoms with Gasteiger partial charge in [-0.25, -0.2) is 13.4 Å². The van der Waals surface area contributed by atoms with Crippen LogP contribution in [0.3, 0.4) is 0 Å². The summed E-state index contributed by atoms with van der Waals surface area (Å²) in [6.45, 7) is 2.35. The molecule has 0 bridgehead atoms. The highest BCUT2D eigenvalue weighted by molar-refractivity contribution is 7.91. The molecule has 2 aromatic rings. The van der Waals surface area contributed by atoms with Crippen LogP contribution in [-0.4, -0.2) is 42.4 Å². The third-order valence-corrected chi connectivity index (χ3v) is 7.02. The first-order chi connectivity index (χ1) is 10.1. The molecule has 0 radical (unpaired) electrons. The van der Waals surface area contributed by atoms with Gasteiger partial charge in [-0.3, -0.25) is 0 Å². The molecule has 2 aromatic heterocycles. The van der Waals surface area contributed by atoms with E-state index in [9.17, 15) is 8.42 Å². The maximum Gasteiger partial charge on any atom is 0.253 e. The lowest BCUT2D eigenvalue weighted by Crippen LogP contribution is -2.37. The highest BCUT2D eigenvalue weighted by Gasteiger charge is 2.29. The Morgan fingerprint density at radius 2 is 2.24 bits per heavy atom. The van der Waals surface area contributed by atoms with Gasteiger partial charge in [0.2, 0.25) is 0 Å². The average Bonchev–Trinajstić information content (AvgIpc) is 3.13. The van der Waals surface area contributed by atoms with Crippen LogP contribution < -0.4 is 5.32 Å². The largest absolute Gasteiger partial charge is 0.333 e. The van der Waals surface area contributed by atoms with Crippen molar-refractivity contribution in [3.05, 3.63) is 35.2 Å². The summed E-state index contributed by atoms with van der Waals surface area (Å²) in [7, 11) is -1.52. The standard InChI is InChI=1S/C13H18N4O2S2/c1-14-5-4-11-2-3-13(20-11)21(18,19)17-9-8-16-7-6-15-12(16)10-17/h2-3,6-7,14H,4-5,8-10H2,1H3. The van der Waals surface area contributed by atoms with Gasteiger partial charge in [0.05, 0.1) is 6.54 Å². The van der Waals surface area contributed by atoms with E-state index in [2.05, 4.69) is 10.3 Å². The van der Waals surface area contributed by atoms with Gasteiger partial charge in [-0.2, -0.15) is 4.31 Å². The summed E-state index contributed by atoms with van der Waals surface area (Å²) in [6.07, 6.45) is 4.45. The average molecular weight is 326 g/mol. The molecule has 1 aliphatic rings. The number of nitrogens with one attached hydrogen (secondary N) is 1. The van der Waals surface area contributed by atoms with Crippen LogP contribution >= 0.6 is 11.3 Å². The number of rotatable bonds is 5. The van der Waals surface area contributed by atoms with Crippen molar-refractivity contribution in [2.45, 2.75) is 23.7 Å². The maximum absolute atomic E-state index is 12.7. The van der Waals surface area contributed by atoms with Gasteiger partial charge >= 0.3 is 0 Å². The maximum atomic E-state index is 12.7. The van der Waals surface area contributed by atoms with Gasteiger partial charge in [-0.1, -0.05) is 0 Å². The third kappa shape index (κ3) is 2.89. The number of hydrogen-bond donors (Lipinski definition) is 1. The van der Waals surface area contributed by atoms with E-state index in [4.69, 9.17) is 0 Å². The molecule has 114 valence electrons. The zero-order valence-corrected chi connectivity index (χ0v) is 13.5. The minimum atomic E-state index is -3.41. The van der Waals surface area contributed by atoms with Gasteiger partial charge in [-0.15, -0.1) is 11.3 Å². The molecule has 21 heavy (non-hydrogen) atoms. The van der Waals surface area contributed by atoms with E-state index in [0.717, 1.165) is 23.7 Å². The molecule has 0 spiro atoms. The molecular formula is C13H18N4O2S2. The van der Waals surface area contributed by atoms with Crippen LogP contribution in [-0.2, 0) is 29.5 Å². The van der Waals surface area contributed by atoms with E-state index in [1.54, 1.807) is 12.3 Å². The van der Waals surface area contributed by atoms with Gasteiger partial charge < -0.3 is 9.88 Å². The van der Waals surface area contributed by atoms with Crippen LogP contribution in [0.1, 0.15) is 10.7 Å². The van der Waals surface area contributed by atoms with E-state index in [1.807, 2.05) is 23.9 Å². The Hall–Kier alpha value is -1.22. The number of aromatic nitrogens is 2. The molecule has 6 nitrogen and oxygen atoms in total. The Labute approximate surface area is 128 Å². The minimum Gasteiger partial charge on any atom is -0.333 e. The van der Waals surface area contributed by atoms with Crippen molar-refractivity contribution in [1.82, 2.24) is 19.2 Å². The molecule has 1 aliphatic heterocycles. The normalized spacial score (nSPS) is 16.0. The molecule has 0 aliphatic carbocycles. The quantitative estimate of drug-likeness (QED) is 0.887.